The topological polar surface area (TPSA) is 29.1 Å². The molecule has 19 heavy (non-hydrogen) atoms. The summed E-state index contributed by atoms with van der Waals surface area (Å²) in [5.41, 5.74) is 2.61. The molecule has 0 saturated heterocycles. The first-order valence-electron chi connectivity index (χ1n) is 5.81. The van der Waals surface area contributed by atoms with Crippen LogP contribution in [0.4, 0.5) is 10.1 Å². The minimum absolute atomic E-state index is 0.196. The zero-order valence-electron chi connectivity index (χ0n) is 10.6. The fourth-order valence-corrected chi connectivity index (χ4v) is 2.04. The van der Waals surface area contributed by atoms with Crippen LogP contribution in [0.1, 0.15) is 21.5 Å². The predicted octanol–water partition coefficient (Wildman–Crippen LogP) is 4.46. The summed E-state index contributed by atoms with van der Waals surface area (Å²) in [7, 11) is 0. The van der Waals surface area contributed by atoms with E-state index in [1.165, 1.54) is 6.07 Å². The minimum atomic E-state index is -0.440. The second-order valence-electron chi connectivity index (χ2n) is 4.40. The molecule has 98 valence electrons. The van der Waals surface area contributed by atoms with Crippen molar-refractivity contribution in [3.05, 3.63) is 63.4 Å². The molecule has 0 radical (unpaired) electrons. The summed E-state index contributed by atoms with van der Waals surface area (Å²) in [4.78, 5) is 12.0. The molecule has 0 saturated carbocycles. The largest absolute Gasteiger partial charge is 0.319 e. The molecule has 0 fully saturated rings. The Bertz CT molecular complexity index is 640. The smallest absolute Gasteiger partial charge is 0.255 e. The molecular formula is C15H13BrFNO. The number of hydrogen-bond acceptors (Lipinski definition) is 1. The molecule has 0 bridgehead atoms. The number of amides is 1. The van der Waals surface area contributed by atoms with Crippen molar-refractivity contribution in [2.45, 2.75) is 13.8 Å². The van der Waals surface area contributed by atoms with Gasteiger partial charge in [-0.25, -0.2) is 4.39 Å². The summed E-state index contributed by atoms with van der Waals surface area (Å²) in [6.45, 7) is 3.78. The van der Waals surface area contributed by atoms with Crippen LogP contribution in [0.25, 0.3) is 0 Å². The van der Waals surface area contributed by atoms with Crippen molar-refractivity contribution in [3.8, 4) is 0 Å². The zero-order chi connectivity index (χ0) is 14.0. The van der Waals surface area contributed by atoms with Crippen LogP contribution in [0.3, 0.4) is 0 Å². The van der Waals surface area contributed by atoms with E-state index < -0.39 is 5.82 Å². The van der Waals surface area contributed by atoms with Crippen molar-refractivity contribution in [1.29, 1.82) is 0 Å². The van der Waals surface area contributed by atoms with Gasteiger partial charge >= 0.3 is 0 Å². The molecule has 0 aliphatic carbocycles. The fraction of sp³-hybridized carbons (Fsp3) is 0.133. The summed E-state index contributed by atoms with van der Waals surface area (Å²) in [5.74, 6) is -0.768. The minimum Gasteiger partial charge on any atom is -0.319 e. The summed E-state index contributed by atoms with van der Waals surface area (Å²) < 4.78 is 14.4. The lowest BCUT2D eigenvalue weighted by Crippen LogP contribution is -2.13. The Kier molecular flexibility index (Phi) is 4.00. The van der Waals surface area contributed by atoms with Crippen LogP contribution >= 0.6 is 15.9 Å². The molecule has 2 nitrogen and oxygen atoms in total. The molecule has 0 heterocycles. The van der Waals surface area contributed by atoms with Gasteiger partial charge in [0.1, 0.15) is 5.82 Å². The number of rotatable bonds is 2. The Morgan fingerprint density at radius 2 is 1.89 bits per heavy atom. The van der Waals surface area contributed by atoms with E-state index in [4.69, 9.17) is 0 Å². The Morgan fingerprint density at radius 1 is 1.16 bits per heavy atom. The maximum atomic E-state index is 13.6. The third-order valence-corrected chi connectivity index (χ3v) is 3.66. The number of carbonyl (C=O) groups excluding carboxylic acids is 1. The third kappa shape index (κ3) is 3.20. The van der Waals surface area contributed by atoms with E-state index in [2.05, 4.69) is 21.2 Å². The van der Waals surface area contributed by atoms with Gasteiger partial charge in [0.25, 0.3) is 5.91 Å². The third-order valence-electron chi connectivity index (χ3n) is 2.80. The first-order chi connectivity index (χ1) is 8.97. The van der Waals surface area contributed by atoms with Gasteiger partial charge in [-0.3, -0.25) is 4.79 Å². The predicted molar refractivity (Wildman–Crippen MR) is 78.0 cm³/mol. The Labute approximate surface area is 119 Å². The number of carbonyl (C=O) groups is 1. The van der Waals surface area contributed by atoms with E-state index in [0.29, 0.717) is 5.56 Å². The highest BCUT2D eigenvalue weighted by molar-refractivity contribution is 9.10. The second-order valence-corrected chi connectivity index (χ2v) is 5.26. The van der Waals surface area contributed by atoms with Gasteiger partial charge in [-0.05, 0) is 49.2 Å². The lowest BCUT2D eigenvalue weighted by atomic mass is 10.1. The van der Waals surface area contributed by atoms with Gasteiger partial charge < -0.3 is 5.32 Å². The van der Waals surface area contributed by atoms with E-state index in [1.54, 1.807) is 24.3 Å². The van der Waals surface area contributed by atoms with Crippen molar-refractivity contribution in [1.82, 2.24) is 0 Å². The van der Waals surface area contributed by atoms with Gasteiger partial charge in [0.15, 0.2) is 0 Å². The molecule has 1 amide bonds. The molecule has 1 N–H and O–H groups in total. The van der Waals surface area contributed by atoms with Gasteiger partial charge in [0, 0.05) is 10.0 Å². The molecule has 0 aromatic heterocycles. The number of halogens is 2. The van der Waals surface area contributed by atoms with Crippen LogP contribution < -0.4 is 5.32 Å². The van der Waals surface area contributed by atoms with E-state index in [1.807, 2.05) is 19.9 Å². The van der Waals surface area contributed by atoms with E-state index in [9.17, 15) is 9.18 Å². The van der Waals surface area contributed by atoms with Crippen LogP contribution in [0, 0.1) is 19.7 Å². The summed E-state index contributed by atoms with van der Waals surface area (Å²) in [6.07, 6.45) is 0. The molecule has 0 spiro atoms. The van der Waals surface area contributed by atoms with Crippen LogP contribution in [-0.4, -0.2) is 5.91 Å². The van der Waals surface area contributed by atoms with Crippen LogP contribution in [0.15, 0.2) is 40.9 Å². The second kappa shape index (κ2) is 5.53. The first kappa shape index (κ1) is 13.7. The summed E-state index contributed by atoms with van der Waals surface area (Å²) in [5, 5.41) is 2.58. The van der Waals surface area contributed by atoms with Crippen molar-refractivity contribution in [2.75, 3.05) is 5.32 Å². The number of hydrogen-bond donors (Lipinski definition) is 1. The highest BCUT2D eigenvalue weighted by Crippen LogP contribution is 2.20. The van der Waals surface area contributed by atoms with Crippen molar-refractivity contribution in [2.24, 2.45) is 0 Å². The molecule has 0 atom stereocenters. The van der Waals surface area contributed by atoms with Gasteiger partial charge in [-0.1, -0.05) is 28.1 Å². The van der Waals surface area contributed by atoms with E-state index in [-0.39, 0.29) is 11.6 Å². The molecule has 4 heteroatoms. The SMILES string of the molecule is Cc1ccc(F)c(NC(=O)c2ccc(C)c(Br)c2)c1. The van der Waals surface area contributed by atoms with E-state index in [0.717, 1.165) is 15.6 Å². The van der Waals surface area contributed by atoms with Gasteiger partial charge in [-0.15, -0.1) is 0 Å². The lowest BCUT2D eigenvalue weighted by molar-refractivity contribution is 0.102. The Morgan fingerprint density at radius 3 is 2.58 bits per heavy atom. The normalized spacial score (nSPS) is 10.3. The maximum absolute atomic E-state index is 13.6. The van der Waals surface area contributed by atoms with Gasteiger partial charge in [0.05, 0.1) is 5.69 Å². The molecule has 2 rings (SSSR count). The monoisotopic (exact) mass is 321 g/mol. The highest BCUT2D eigenvalue weighted by atomic mass is 79.9. The standard InChI is InChI=1S/C15H13BrFNO/c1-9-3-6-13(17)14(7-9)18-15(19)11-5-4-10(2)12(16)8-11/h3-8H,1-2H3,(H,18,19). The molecule has 0 aliphatic heterocycles. The van der Waals surface area contributed by atoms with Gasteiger partial charge in [-0.2, -0.15) is 0 Å². The Hall–Kier alpha value is -1.68. The number of benzene rings is 2. The zero-order valence-corrected chi connectivity index (χ0v) is 12.2. The fourth-order valence-electron chi connectivity index (χ4n) is 1.66. The maximum Gasteiger partial charge on any atom is 0.255 e. The number of anilines is 1. The Balaban J connectivity index is 2.25. The molecular weight excluding hydrogens is 309 g/mol. The average Bonchev–Trinajstić information content (AvgIpc) is 2.37. The quantitative estimate of drug-likeness (QED) is 0.869. The molecule has 0 aliphatic rings. The van der Waals surface area contributed by atoms with Crippen molar-refractivity contribution >= 4 is 27.5 Å². The summed E-state index contributed by atoms with van der Waals surface area (Å²) in [6, 6.07) is 9.88. The molecule has 0 unspecified atom stereocenters. The van der Waals surface area contributed by atoms with Crippen LogP contribution in [-0.2, 0) is 0 Å². The van der Waals surface area contributed by atoms with E-state index >= 15 is 0 Å². The van der Waals surface area contributed by atoms with Gasteiger partial charge in [0.2, 0.25) is 0 Å². The van der Waals surface area contributed by atoms with Crippen LogP contribution in [0.2, 0.25) is 0 Å². The van der Waals surface area contributed by atoms with Crippen molar-refractivity contribution < 1.29 is 9.18 Å². The molecule has 2 aromatic rings. The first-order valence-corrected chi connectivity index (χ1v) is 6.60. The average molecular weight is 322 g/mol. The van der Waals surface area contributed by atoms with Crippen LogP contribution in [0.5, 0.6) is 0 Å². The summed E-state index contributed by atoms with van der Waals surface area (Å²) >= 11 is 3.37. The highest BCUT2D eigenvalue weighted by Gasteiger charge is 2.10. The lowest BCUT2D eigenvalue weighted by Gasteiger charge is -2.08. The molecule has 2 aromatic carbocycles. The number of nitrogens with one attached hydrogen (secondary N) is 1. The number of aryl methyl sites for hydroxylation is 2. The van der Waals surface area contributed by atoms with Crippen molar-refractivity contribution in [3.63, 3.8) is 0 Å².